The highest BCUT2D eigenvalue weighted by atomic mass is 19.4. The summed E-state index contributed by atoms with van der Waals surface area (Å²) < 4.78 is 55.3. The molecular weight excluding hydrogens is 513 g/mol. The summed E-state index contributed by atoms with van der Waals surface area (Å²) in [6, 6.07) is 13.2. The van der Waals surface area contributed by atoms with Gasteiger partial charge in [0, 0.05) is 24.2 Å². The van der Waals surface area contributed by atoms with Gasteiger partial charge in [-0.25, -0.2) is 0 Å². The lowest BCUT2D eigenvalue weighted by atomic mass is 9.72. The van der Waals surface area contributed by atoms with Gasteiger partial charge in [0.2, 0.25) is 5.54 Å². The van der Waals surface area contributed by atoms with Gasteiger partial charge >= 0.3 is 6.18 Å². The van der Waals surface area contributed by atoms with Crippen molar-refractivity contribution in [2.75, 3.05) is 20.8 Å². The summed E-state index contributed by atoms with van der Waals surface area (Å²) in [5.74, 6) is -2.94. The number of nitrogens with zero attached hydrogens (tertiary/aromatic N) is 1. The number of halogens is 3. The summed E-state index contributed by atoms with van der Waals surface area (Å²) in [4.78, 5) is 41.4. The maximum Gasteiger partial charge on any atom is 0.425 e. The number of amides is 2. The summed E-state index contributed by atoms with van der Waals surface area (Å²) >= 11 is 0. The van der Waals surface area contributed by atoms with Crippen molar-refractivity contribution in [3.63, 3.8) is 0 Å². The number of benzene rings is 2. The van der Waals surface area contributed by atoms with Crippen molar-refractivity contribution in [1.82, 2.24) is 10.2 Å². The number of ketones is 1. The fourth-order valence-electron chi connectivity index (χ4n) is 5.37. The number of Topliss-reactive ketones (excluding diaryl/α,β-unsaturated/α-hetero) is 1. The number of methoxy groups -OCH3 is 2. The molecule has 1 N–H and O–H groups in total. The molecule has 4 rings (SSSR count). The van der Waals surface area contributed by atoms with E-state index in [1.165, 1.54) is 32.4 Å². The number of carbonyl (C=O) groups excluding carboxylic acids is 3. The zero-order valence-electron chi connectivity index (χ0n) is 22.3. The van der Waals surface area contributed by atoms with Gasteiger partial charge in [-0.2, -0.15) is 13.2 Å². The Hall–Kier alpha value is -3.82. The number of aryl methyl sites for hydroxylation is 1. The number of hydrogen-bond acceptors (Lipinski definition) is 5. The molecule has 7 nitrogen and oxygen atoms in total. The predicted octanol–water partition coefficient (Wildman–Crippen LogP) is 4.85. The van der Waals surface area contributed by atoms with Crippen LogP contribution < -0.4 is 14.8 Å². The van der Waals surface area contributed by atoms with Crippen molar-refractivity contribution >= 4 is 17.6 Å². The van der Waals surface area contributed by atoms with E-state index in [2.05, 4.69) is 0 Å². The second-order valence-corrected chi connectivity index (χ2v) is 10.6. The first-order chi connectivity index (χ1) is 18.3. The maximum atomic E-state index is 15.0. The van der Waals surface area contributed by atoms with E-state index in [1.807, 2.05) is 35.6 Å². The number of rotatable bonds is 8. The van der Waals surface area contributed by atoms with Crippen LogP contribution in [0.25, 0.3) is 0 Å². The van der Waals surface area contributed by atoms with E-state index in [-0.39, 0.29) is 42.1 Å². The van der Waals surface area contributed by atoms with Crippen LogP contribution in [0.4, 0.5) is 13.2 Å². The van der Waals surface area contributed by atoms with Gasteiger partial charge < -0.3 is 19.7 Å². The van der Waals surface area contributed by atoms with Gasteiger partial charge in [0.1, 0.15) is 0 Å². The topological polar surface area (TPSA) is 84.9 Å². The van der Waals surface area contributed by atoms with Crippen molar-refractivity contribution in [3.8, 4) is 11.5 Å². The molecule has 0 radical (unpaired) electrons. The second kappa shape index (κ2) is 10.4. The standard InChI is InChI=1S/C29H31F3N2O5/c1-27(2)16-20-24(21(35)17-27)28(29(30,31)32,26(37)34(20)14-8-11-18-9-6-5-7-10-18)33-25(36)19-12-13-22(38-3)23(15-19)39-4/h5-7,9-10,12-13,15H,8,11,14,16-17H2,1-4H3,(H,33,36)/t28-/m0/s1. The number of ether oxygens (including phenoxy) is 2. The predicted molar refractivity (Wildman–Crippen MR) is 137 cm³/mol. The fourth-order valence-corrected chi connectivity index (χ4v) is 5.37. The third-order valence-electron chi connectivity index (χ3n) is 7.18. The van der Waals surface area contributed by atoms with Crippen LogP contribution >= 0.6 is 0 Å². The SMILES string of the molecule is COc1ccc(C(=O)N[C@]2(C(F)(F)F)C(=O)N(CCCc3ccccc3)C3=C2C(=O)CC(C)(C)C3)cc1OC. The quantitative estimate of drug-likeness (QED) is 0.514. The first kappa shape index (κ1) is 28.2. The van der Waals surface area contributed by atoms with Crippen molar-refractivity contribution in [1.29, 1.82) is 0 Å². The lowest BCUT2D eigenvalue weighted by Gasteiger charge is -2.35. The van der Waals surface area contributed by atoms with Crippen LogP contribution in [0.2, 0.25) is 0 Å². The van der Waals surface area contributed by atoms with Crippen LogP contribution in [0.15, 0.2) is 59.8 Å². The maximum absolute atomic E-state index is 15.0. The molecule has 2 aromatic rings. The minimum Gasteiger partial charge on any atom is -0.493 e. The van der Waals surface area contributed by atoms with Crippen LogP contribution in [0.1, 0.15) is 49.0 Å². The number of allylic oxidation sites excluding steroid dienone is 1. The van der Waals surface area contributed by atoms with E-state index in [1.54, 1.807) is 13.8 Å². The molecule has 1 atom stereocenters. The second-order valence-electron chi connectivity index (χ2n) is 10.6. The Bertz CT molecular complexity index is 1320. The van der Waals surface area contributed by atoms with E-state index < -0.39 is 40.3 Å². The Morgan fingerprint density at radius 2 is 1.67 bits per heavy atom. The molecule has 1 aliphatic carbocycles. The average molecular weight is 545 g/mol. The third-order valence-corrected chi connectivity index (χ3v) is 7.18. The van der Waals surface area contributed by atoms with E-state index >= 15 is 13.2 Å². The molecule has 0 unspecified atom stereocenters. The fraction of sp³-hybridized carbons (Fsp3) is 0.414. The number of hydrogen-bond donors (Lipinski definition) is 1. The van der Waals surface area contributed by atoms with E-state index in [9.17, 15) is 14.4 Å². The number of alkyl halides is 3. The van der Waals surface area contributed by atoms with Gasteiger partial charge in [-0.1, -0.05) is 44.2 Å². The van der Waals surface area contributed by atoms with Gasteiger partial charge in [0.25, 0.3) is 11.8 Å². The molecule has 2 amide bonds. The normalized spacial score (nSPS) is 20.6. The molecule has 0 spiro atoms. The molecule has 1 heterocycles. The van der Waals surface area contributed by atoms with Crippen molar-refractivity contribution < 1.29 is 37.0 Å². The van der Waals surface area contributed by atoms with Crippen molar-refractivity contribution in [2.24, 2.45) is 5.41 Å². The Morgan fingerprint density at radius 3 is 2.28 bits per heavy atom. The molecule has 0 saturated carbocycles. The zero-order valence-corrected chi connectivity index (χ0v) is 22.3. The zero-order chi connectivity index (χ0) is 28.6. The molecule has 10 heteroatoms. The van der Waals surface area contributed by atoms with E-state index in [0.717, 1.165) is 10.5 Å². The van der Waals surface area contributed by atoms with E-state index in [0.29, 0.717) is 12.8 Å². The molecule has 2 aliphatic rings. The van der Waals surface area contributed by atoms with Crippen molar-refractivity contribution in [2.45, 2.75) is 51.2 Å². The Morgan fingerprint density at radius 1 is 1.00 bits per heavy atom. The highest BCUT2D eigenvalue weighted by Gasteiger charge is 2.71. The smallest absolute Gasteiger partial charge is 0.425 e. The molecule has 208 valence electrons. The molecule has 0 fully saturated rings. The van der Waals surface area contributed by atoms with Crippen molar-refractivity contribution in [3.05, 3.63) is 70.9 Å². The third kappa shape index (κ3) is 5.12. The molecule has 2 aromatic carbocycles. The lowest BCUT2D eigenvalue weighted by Crippen LogP contribution is -2.66. The van der Waals surface area contributed by atoms with Gasteiger partial charge in [0.05, 0.1) is 19.8 Å². The average Bonchev–Trinajstić information content (AvgIpc) is 3.11. The summed E-state index contributed by atoms with van der Waals surface area (Å²) in [7, 11) is 2.70. The van der Waals surface area contributed by atoms with Crippen LogP contribution in [0.3, 0.4) is 0 Å². The first-order valence-corrected chi connectivity index (χ1v) is 12.6. The molecule has 1 aliphatic heterocycles. The van der Waals surface area contributed by atoms with Gasteiger partial charge in [-0.3, -0.25) is 14.4 Å². The highest BCUT2D eigenvalue weighted by molar-refractivity contribution is 6.14. The summed E-state index contributed by atoms with van der Waals surface area (Å²) in [6.07, 6.45) is -4.46. The first-order valence-electron chi connectivity index (χ1n) is 12.6. The Kier molecular flexibility index (Phi) is 7.51. The van der Waals surface area contributed by atoms with Crippen LogP contribution in [0, 0.1) is 5.41 Å². The van der Waals surface area contributed by atoms with Crippen LogP contribution in [0.5, 0.6) is 11.5 Å². The lowest BCUT2D eigenvalue weighted by molar-refractivity contribution is -0.190. The Labute approximate surface area is 225 Å². The minimum atomic E-state index is -5.28. The molecule has 0 aromatic heterocycles. The summed E-state index contributed by atoms with van der Waals surface area (Å²) in [5.41, 5.74) is -4.01. The van der Waals surface area contributed by atoms with Gasteiger partial charge in [-0.05, 0) is 48.4 Å². The number of nitrogens with one attached hydrogen (secondary N) is 1. The summed E-state index contributed by atoms with van der Waals surface area (Å²) in [6.45, 7) is 3.52. The number of carbonyl (C=O) groups is 3. The highest BCUT2D eigenvalue weighted by Crippen LogP contribution is 2.51. The largest absolute Gasteiger partial charge is 0.493 e. The minimum absolute atomic E-state index is 0.0271. The molecular formula is C29H31F3N2O5. The Balaban J connectivity index is 1.75. The molecule has 0 saturated heterocycles. The monoisotopic (exact) mass is 544 g/mol. The molecule has 0 bridgehead atoms. The molecule has 39 heavy (non-hydrogen) atoms. The van der Waals surface area contributed by atoms with Crippen LogP contribution in [-0.4, -0.2) is 55.0 Å². The van der Waals surface area contributed by atoms with Crippen LogP contribution in [-0.2, 0) is 16.0 Å². The van der Waals surface area contributed by atoms with E-state index in [4.69, 9.17) is 9.47 Å². The van der Waals surface area contributed by atoms with Gasteiger partial charge in [-0.15, -0.1) is 0 Å². The van der Waals surface area contributed by atoms with Gasteiger partial charge in [0.15, 0.2) is 17.3 Å². The summed E-state index contributed by atoms with van der Waals surface area (Å²) in [5, 5.41) is 1.95.